The predicted molar refractivity (Wildman–Crippen MR) is 72.3 cm³/mol. The molecule has 0 saturated carbocycles. The van der Waals surface area contributed by atoms with Crippen LogP contribution in [0.3, 0.4) is 0 Å². The summed E-state index contributed by atoms with van der Waals surface area (Å²) in [7, 11) is 0. The van der Waals surface area contributed by atoms with Gasteiger partial charge in [0.05, 0.1) is 16.6 Å². The van der Waals surface area contributed by atoms with Gasteiger partial charge in [-0.15, -0.1) is 0 Å². The highest BCUT2D eigenvalue weighted by Gasteiger charge is 2.10. The SMILES string of the molecule is O=c1c2ccccc2nc(Cl)n1-c1ccc(F)cc1. The first kappa shape index (κ1) is 11.9. The van der Waals surface area contributed by atoms with Crippen LogP contribution in [-0.4, -0.2) is 9.55 Å². The van der Waals surface area contributed by atoms with Crippen molar-refractivity contribution in [3.8, 4) is 5.69 Å². The van der Waals surface area contributed by atoms with E-state index >= 15 is 0 Å². The Balaban J connectivity index is 2.35. The summed E-state index contributed by atoms with van der Waals surface area (Å²) in [6.45, 7) is 0. The number of aromatic nitrogens is 2. The Morgan fingerprint density at radius 1 is 1.05 bits per heavy atom. The molecule has 0 N–H and O–H groups in total. The molecule has 0 saturated heterocycles. The summed E-state index contributed by atoms with van der Waals surface area (Å²) in [5, 5.41) is 0.520. The molecule has 1 aromatic heterocycles. The molecule has 0 amide bonds. The predicted octanol–water partition coefficient (Wildman–Crippen LogP) is 3.18. The highest BCUT2D eigenvalue weighted by atomic mass is 35.5. The molecule has 0 bridgehead atoms. The van der Waals surface area contributed by atoms with E-state index in [1.165, 1.54) is 28.8 Å². The Kier molecular flexibility index (Phi) is 2.80. The third-order valence-electron chi connectivity index (χ3n) is 2.82. The Morgan fingerprint density at radius 3 is 2.47 bits per heavy atom. The zero-order valence-corrected chi connectivity index (χ0v) is 10.4. The van der Waals surface area contributed by atoms with Gasteiger partial charge in [-0.2, -0.15) is 0 Å². The van der Waals surface area contributed by atoms with Crippen molar-refractivity contribution in [1.29, 1.82) is 0 Å². The van der Waals surface area contributed by atoms with Crippen LogP contribution in [-0.2, 0) is 0 Å². The Morgan fingerprint density at radius 2 is 1.74 bits per heavy atom. The topological polar surface area (TPSA) is 34.9 Å². The van der Waals surface area contributed by atoms with Gasteiger partial charge in [-0.25, -0.2) is 9.37 Å². The number of para-hydroxylation sites is 1. The van der Waals surface area contributed by atoms with Gasteiger partial charge < -0.3 is 0 Å². The second kappa shape index (κ2) is 4.48. The lowest BCUT2D eigenvalue weighted by atomic mass is 10.2. The van der Waals surface area contributed by atoms with Crippen molar-refractivity contribution in [2.45, 2.75) is 0 Å². The number of nitrogens with zero attached hydrogens (tertiary/aromatic N) is 2. The van der Waals surface area contributed by atoms with Gasteiger partial charge in [0, 0.05) is 0 Å². The first-order chi connectivity index (χ1) is 9.16. The third kappa shape index (κ3) is 2.00. The zero-order chi connectivity index (χ0) is 13.4. The number of benzene rings is 2. The summed E-state index contributed by atoms with van der Waals surface area (Å²) in [5.41, 5.74) is 0.743. The quantitative estimate of drug-likeness (QED) is 0.639. The normalized spacial score (nSPS) is 10.8. The van der Waals surface area contributed by atoms with Crippen LogP contribution in [0, 0.1) is 5.82 Å². The Hall–Kier alpha value is -2.20. The van der Waals surface area contributed by atoms with Crippen LogP contribution >= 0.6 is 11.6 Å². The largest absolute Gasteiger partial charge is 0.268 e. The molecule has 0 aliphatic rings. The van der Waals surface area contributed by atoms with Crippen molar-refractivity contribution in [2.24, 2.45) is 0 Å². The molecule has 0 fully saturated rings. The van der Waals surface area contributed by atoms with E-state index in [0.29, 0.717) is 16.6 Å². The Labute approximate surface area is 112 Å². The molecule has 3 nitrogen and oxygen atoms in total. The summed E-state index contributed by atoms with van der Waals surface area (Å²) >= 11 is 6.04. The van der Waals surface area contributed by atoms with E-state index in [4.69, 9.17) is 11.6 Å². The lowest BCUT2D eigenvalue weighted by Crippen LogP contribution is -2.20. The summed E-state index contributed by atoms with van der Waals surface area (Å²) in [5.74, 6) is -0.373. The molecule has 3 rings (SSSR count). The Bertz CT molecular complexity index is 812. The number of halogens is 2. The van der Waals surface area contributed by atoms with Crippen LogP contribution in [0.25, 0.3) is 16.6 Å². The standard InChI is InChI=1S/C14H8ClFN2O/c15-14-17-12-4-2-1-3-11(12)13(19)18(14)10-7-5-9(16)6-8-10/h1-8H. The molecule has 0 atom stereocenters. The first-order valence-corrected chi connectivity index (χ1v) is 5.98. The van der Waals surface area contributed by atoms with Crippen LogP contribution < -0.4 is 5.56 Å². The van der Waals surface area contributed by atoms with Gasteiger partial charge in [0.1, 0.15) is 5.82 Å². The maximum atomic E-state index is 12.9. The van der Waals surface area contributed by atoms with Crippen molar-refractivity contribution >= 4 is 22.5 Å². The average molecular weight is 275 g/mol. The van der Waals surface area contributed by atoms with Gasteiger partial charge in [-0.3, -0.25) is 9.36 Å². The van der Waals surface area contributed by atoms with Gasteiger partial charge in [0.15, 0.2) is 0 Å². The van der Waals surface area contributed by atoms with E-state index in [2.05, 4.69) is 4.98 Å². The summed E-state index contributed by atoms with van der Waals surface area (Å²) in [4.78, 5) is 16.5. The van der Waals surface area contributed by atoms with E-state index in [0.717, 1.165) is 0 Å². The molecule has 0 aliphatic carbocycles. The lowest BCUT2D eigenvalue weighted by molar-refractivity contribution is 0.627. The van der Waals surface area contributed by atoms with E-state index in [1.807, 2.05) is 0 Å². The molecule has 2 aromatic carbocycles. The summed E-state index contributed by atoms with van der Waals surface area (Å²) < 4.78 is 14.2. The van der Waals surface area contributed by atoms with E-state index in [1.54, 1.807) is 24.3 Å². The maximum Gasteiger partial charge on any atom is 0.266 e. The van der Waals surface area contributed by atoms with E-state index in [9.17, 15) is 9.18 Å². The van der Waals surface area contributed by atoms with Crippen LogP contribution in [0.5, 0.6) is 0 Å². The minimum atomic E-state index is -0.373. The highest BCUT2D eigenvalue weighted by molar-refractivity contribution is 6.29. The van der Waals surface area contributed by atoms with Gasteiger partial charge >= 0.3 is 0 Å². The maximum absolute atomic E-state index is 12.9. The number of hydrogen-bond acceptors (Lipinski definition) is 2. The first-order valence-electron chi connectivity index (χ1n) is 5.60. The zero-order valence-electron chi connectivity index (χ0n) is 9.68. The highest BCUT2D eigenvalue weighted by Crippen LogP contribution is 2.16. The number of fused-ring (bicyclic) bond motifs is 1. The molecule has 1 heterocycles. The minimum absolute atomic E-state index is 0.0512. The van der Waals surface area contributed by atoms with Gasteiger partial charge in [-0.1, -0.05) is 12.1 Å². The van der Waals surface area contributed by atoms with E-state index < -0.39 is 0 Å². The molecule has 0 spiro atoms. The van der Waals surface area contributed by atoms with Crippen molar-refractivity contribution in [3.63, 3.8) is 0 Å². The fourth-order valence-electron chi connectivity index (χ4n) is 1.92. The van der Waals surface area contributed by atoms with Gasteiger partial charge in [0.2, 0.25) is 5.28 Å². The molecule has 5 heteroatoms. The molecular weight excluding hydrogens is 267 g/mol. The number of hydrogen-bond donors (Lipinski definition) is 0. The molecule has 94 valence electrons. The monoisotopic (exact) mass is 274 g/mol. The number of rotatable bonds is 1. The fraction of sp³-hybridized carbons (Fsp3) is 0. The van der Waals surface area contributed by atoms with E-state index in [-0.39, 0.29) is 16.7 Å². The van der Waals surface area contributed by atoms with Gasteiger partial charge in [0.25, 0.3) is 5.56 Å². The van der Waals surface area contributed by atoms with Crippen molar-refractivity contribution in [2.75, 3.05) is 0 Å². The summed E-state index contributed by atoms with van der Waals surface area (Å²) in [6.07, 6.45) is 0. The van der Waals surface area contributed by atoms with Crippen LogP contribution in [0.1, 0.15) is 0 Å². The third-order valence-corrected chi connectivity index (χ3v) is 3.07. The van der Waals surface area contributed by atoms with Crippen LogP contribution in [0.2, 0.25) is 5.28 Å². The second-order valence-corrected chi connectivity index (χ2v) is 4.35. The fourth-order valence-corrected chi connectivity index (χ4v) is 2.18. The van der Waals surface area contributed by atoms with Crippen molar-refractivity contribution < 1.29 is 4.39 Å². The molecule has 19 heavy (non-hydrogen) atoms. The smallest absolute Gasteiger partial charge is 0.266 e. The molecule has 3 aromatic rings. The van der Waals surface area contributed by atoms with Gasteiger partial charge in [-0.05, 0) is 48.0 Å². The molecule has 0 unspecified atom stereocenters. The van der Waals surface area contributed by atoms with Crippen LogP contribution in [0.15, 0.2) is 53.3 Å². The lowest BCUT2D eigenvalue weighted by Gasteiger charge is -2.09. The minimum Gasteiger partial charge on any atom is -0.268 e. The molecule has 0 radical (unpaired) electrons. The second-order valence-electron chi connectivity index (χ2n) is 4.01. The average Bonchev–Trinajstić information content (AvgIpc) is 2.41. The van der Waals surface area contributed by atoms with Crippen molar-refractivity contribution in [1.82, 2.24) is 9.55 Å². The molecule has 0 aliphatic heterocycles. The summed E-state index contributed by atoms with van der Waals surface area (Å²) in [6, 6.07) is 12.5. The van der Waals surface area contributed by atoms with Crippen molar-refractivity contribution in [3.05, 3.63) is 70.0 Å². The van der Waals surface area contributed by atoms with Crippen LogP contribution in [0.4, 0.5) is 4.39 Å². The molecular formula is C14H8ClFN2O.